The number of aliphatic hydroxyl groups excluding tert-OH is 1. The molecule has 0 aliphatic heterocycles. The summed E-state index contributed by atoms with van der Waals surface area (Å²) in [4.78, 5) is 14.1. The summed E-state index contributed by atoms with van der Waals surface area (Å²) in [7, 11) is 1.87. The molecule has 8 heteroatoms. The Hall–Kier alpha value is -2.61. The Balaban J connectivity index is 1.68. The summed E-state index contributed by atoms with van der Waals surface area (Å²) >= 11 is 0. The molecule has 1 amide bonds. The van der Waals surface area contributed by atoms with Gasteiger partial charge >= 0.3 is 0 Å². The van der Waals surface area contributed by atoms with Crippen LogP contribution in [-0.2, 0) is 24.9 Å². The minimum absolute atomic E-state index is 0.0503. The highest BCUT2D eigenvalue weighted by Gasteiger charge is 2.17. The summed E-state index contributed by atoms with van der Waals surface area (Å²) < 4.78 is 8.87. The average Bonchev–Trinajstić information content (AvgIpc) is 3.25. The van der Waals surface area contributed by atoms with Gasteiger partial charge in [0.15, 0.2) is 0 Å². The summed E-state index contributed by atoms with van der Waals surface area (Å²) in [6.45, 7) is 2.94. The zero-order valence-corrected chi connectivity index (χ0v) is 13.8. The molecular formula is C16H21N5O3. The predicted octanol–water partition coefficient (Wildman–Crippen LogP) is 1.08. The molecule has 0 aliphatic carbocycles. The molecule has 3 aromatic heterocycles. The van der Waals surface area contributed by atoms with Gasteiger partial charge in [-0.1, -0.05) is 0 Å². The first-order valence-corrected chi connectivity index (χ1v) is 7.86. The van der Waals surface area contributed by atoms with E-state index in [1.165, 1.54) is 0 Å². The number of aliphatic hydroxyl groups is 1. The Morgan fingerprint density at radius 3 is 3.00 bits per heavy atom. The number of rotatable bonds is 7. The van der Waals surface area contributed by atoms with Crippen LogP contribution in [-0.4, -0.2) is 48.6 Å². The lowest BCUT2D eigenvalue weighted by molar-refractivity contribution is -0.132. The van der Waals surface area contributed by atoms with Crippen LogP contribution in [0.3, 0.4) is 0 Å². The van der Waals surface area contributed by atoms with E-state index in [0.29, 0.717) is 25.3 Å². The fourth-order valence-electron chi connectivity index (χ4n) is 2.84. The molecule has 0 spiro atoms. The lowest BCUT2D eigenvalue weighted by Gasteiger charge is -2.20. The van der Waals surface area contributed by atoms with E-state index in [9.17, 15) is 9.90 Å². The van der Waals surface area contributed by atoms with Crippen LogP contribution in [0.1, 0.15) is 17.9 Å². The fraction of sp³-hybridized carbons (Fsp3) is 0.438. The van der Waals surface area contributed by atoms with Crippen molar-refractivity contribution in [2.24, 2.45) is 7.05 Å². The van der Waals surface area contributed by atoms with Crippen LogP contribution >= 0.6 is 0 Å². The van der Waals surface area contributed by atoms with E-state index < -0.39 is 0 Å². The molecule has 24 heavy (non-hydrogen) atoms. The number of aryl methyl sites for hydroxylation is 3. The third-order valence-corrected chi connectivity index (χ3v) is 4.00. The zero-order valence-electron chi connectivity index (χ0n) is 13.8. The fourth-order valence-corrected chi connectivity index (χ4v) is 2.84. The number of hydrogen-bond acceptors (Lipinski definition) is 5. The first-order chi connectivity index (χ1) is 11.6. The molecule has 1 N–H and O–H groups in total. The number of fused-ring (bicyclic) bond motifs is 1. The Morgan fingerprint density at radius 2 is 2.29 bits per heavy atom. The van der Waals surface area contributed by atoms with Gasteiger partial charge in [-0.05, 0) is 19.1 Å². The van der Waals surface area contributed by atoms with Crippen molar-refractivity contribution in [1.82, 2.24) is 24.5 Å². The van der Waals surface area contributed by atoms with Gasteiger partial charge in [0.2, 0.25) is 5.91 Å². The van der Waals surface area contributed by atoms with E-state index in [0.717, 1.165) is 16.7 Å². The van der Waals surface area contributed by atoms with E-state index >= 15 is 0 Å². The molecule has 0 radical (unpaired) electrons. The second-order valence-corrected chi connectivity index (χ2v) is 5.68. The average molecular weight is 331 g/mol. The maximum atomic E-state index is 12.5. The molecule has 0 bridgehead atoms. The molecule has 3 rings (SSSR count). The SMILES string of the molecule is Cc1nn(C)c2cnn(CCC(=O)N(CCO)Cc3ccco3)c12. The summed E-state index contributed by atoms with van der Waals surface area (Å²) in [5, 5.41) is 17.9. The lowest BCUT2D eigenvalue weighted by Crippen LogP contribution is -2.33. The van der Waals surface area contributed by atoms with Crippen LogP contribution in [0.2, 0.25) is 0 Å². The molecule has 0 saturated carbocycles. The van der Waals surface area contributed by atoms with Gasteiger partial charge in [0, 0.05) is 20.0 Å². The van der Waals surface area contributed by atoms with E-state index in [1.54, 1.807) is 32.8 Å². The lowest BCUT2D eigenvalue weighted by atomic mass is 10.3. The molecule has 3 aromatic rings. The standard InChI is InChI=1S/C16H21N5O3/c1-12-16-14(19(2)18-12)10-17-21(16)6-5-15(23)20(7-8-22)11-13-4-3-9-24-13/h3-4,9-10,22H,5-8,11H2,1-2H3. The molecule has 8 nitrogen and oxygen atoms in total. The van der Waals surface area contributed by atoms with Crippen molar-refractivity contribution in [3.8, 4) is 0 Å². The number of hydrogen-bond donors (Lipinski definition) is 1. The smallest absolute Gasteiger partial charge is 0.224 e. The highest BCUT2D eigenvalue weighted by molar-refractivity contribution is 5.78. The highest BCUT2D eigenvalue weighted by Crippen LogP contribution is 2.17. The summed E-state index contributed by atoms with van der Waals surface area (Å²) in [6, 6.07) is 3.59. The van der Waals surface area contributed by atoms with Crippen LogP contribution in [0, 0.1) is 6.92 Å². The molecule has 0 saturated heterocycles. The topological polar surface area (TPSA) is 89.3 Å². The molecule has 0 aliphatic rings. The van der Waals surface area contributed by atoms with Gasteiger partial charge in [-0.3, -0.25) is 14.2 Å². The molecular weight excluding hydrogens is 310 g/mol. The van der Waals surface area contributed by atoms with Crippen LogP contribution in [0.25, 0.3) is 11.0 Å². The highest BCUT2D eigenvalue weighted by atomic mass is 16.3. The van der Waals surface area contributed by atoms with Crippen molar-refractivity contribution >= 4 is 16.9 Å². The Morgan fingerprint density at radius 1 is 1.46 bits per heavy atom. The minimum Gasteiger partial charge on any atom is -0.467 e. The maximum absolute atomic E-state index is 12.5. The number of amides is 1. The quantitative estimate of drug-likeness (QED) is 0.700. The molecule has 128 valence electrons. The molecule has 0 unspecified atom stereocenters. The van der Waals surface area contributed by atoms with Crippen molar-refractivity contribution in [3.05, 3.63) is 36.0 Å². The van der Waals surface area contributed by atoms with Gasteiger partial charge in [0.05, 0.1) is 37.9 Å². The minimum atomic E-state index is -0.0832. The van der Waals surface area contributed by atoms with Gasteiger partial charge in [0.1, 0.15) is 16.8 Å². The van der Waals surface area contributed by atoms with Crippen molar-refractivity contribution in [1.29, 1.82) is 0 Å². The van der Waals surface area contributed by atoms with Gasteiger partial charge in [-0.15, -0.1) is 0 Å². The largest absolute Gasteiger partial charge is 0.467 e. The number of carbonyl (C=O) groups excluding carboxylic acids is 1. The first kappa shape index (κ1) is 16.3. The summed E-state index contributed by atoms with van der Waals surface area (Å²) in [6.07, 6.45) is 3.63. The number of aromatic nitrogens is 4. The van der Waals surface area contributed by atoms with Crippen LogP contribution < -0.4 is 0 Å². The second kappa shape index (κ2) is 6.88. The summed E-state index contributed by atoms with van der Waals surface area (Å²) in [5.74, 6) is 0.645. The Kier molecular flexibility index (Phi) is 4.66. The number of furan rings is 1. The number of carbonyl (C=O) groups is 1. The molecule has 0 fully saturated rings. The van der Waals surface area contributed by atoms with Gasteiger partial charge in [-0.2, -0.15) is 10.2 Å². The zero-order chi connectivity index (χ0) is 17.1. The van der Waals surface area contributed by atoms with Crippen LogP contribution in [0.4, 0.5) is 0 Å². The first-order valence-electron chi connectivity index (χ1n) is 7.86. The summed E-state index contributed by atoms with van der Waals surface area (Å²) in [5.41, 5.74) is 2.79. The van der Waals surface area contributed by atoms with Crippen molar-refractivity contribution in [2.75, 3.05) is 13.2 Å². The predicted molar refractivity (Wildman–Crippen MR) is 87.1 cm³/mol. The van der Waals surface area contributed by atoms with Crippen molar-refractivity contribution in [3.63, 3.8) is 0 Å². The molecule has 0 aromatic carbocycles. The van der Waals surface area contributed by atoms with E-state index in [-0.39, 0.29) is 19.1 Å². The third kappa shape index (κ3) is 3.18. The molecule has 3 heterocycles. The normalized spacial score (nSPS) is 11.3. The van der Waals surface area contributed by atoms with E-state index in [4.69, 9.17) is 4.42 Å². The Labute approximate surface area is 139 Å². The monoisotopic (exact) mass is 331 g/mol. The molecule has 0 atom stereocenters. The van der Waals surface area contributed by atoms with Crippen LogP contribution in [0.15, 0.2) is 29.0 Å². The van der Waals surface area contributed by atoms with Gasteiger partial charge < -0.3 is 14.4 Å². The third-order valence-electron chi connectivity index (χ3n) is 4.00. The maximum Gasteiger partial charge on any atom is 0.224 e. The van der Waals surface area contributed by atoms with Crippen molar-refractivity contribution in [2.45, 2.75) is 26.4 Å². The second-order valence-electron chi connectivity index (χ2n) is 5.68. The van der Waals surface area contributed by atoms with E-state index in [1.807, 2.05) is 20.0 Å². The van der Waals surface area contributed by atoms with E-state index in [2.05, 4.69) is 10.2 Å². The Bertz CT molecular complexity index is 818. The van der Waals surface area contributed by atoms with Gasteiger partial charge in [0.25, 0.3) is 0 Å². The van der Waals surface area contributed by atoms with Crippen LogP contribution in [0.5, 0.6) is 0 Å². The number of nitrogens with zero attached hydrogens (tertiary/aromatic N) is 5. The van der Waals surface area contributed by atoms with Gasteiger partial charge in [-0.25, -0.2) is 0 Å². The van der Waals surface area contributed by atoms with Crippen molar-refractivity contribution < 1.29 is 14.3 Å².